The molecule has 0 saturated heterocycles. The maximum Gasteiger partial charge on any atom is 0.291 e. The van der Waals surface area contributed by atoms with Crippen molar-refractivity contribution in [1.82, 2.24) is 5.32 Å². The summed E-state index contributed by atoms with van der Waals surface area (Å²) >= 11 is 0. The van der Waals surface area contributed by atoms with Gasteiger partial charge in [-0.05, 0) is 5.56 Å². The lowest BCUT2D eigenvalue weighted by molar-refractivity contribution is -0.122. The summed E-state index contributed by atoms with van der Waals surface area (Å²) in [4.78, 5) is 10.7. The summed E-state index contributed by atoms with van der Waals surface area (Å²) in [7, 11) is 0. The van der Waals surface area contributed by atoms with Crippen molar-refractivity contribution >= 4 is 5.91 Å². The van der Waals surface area contributed by atoms with Crippen LogP contribution in [0.3, 0.4) is 0 Å². The molecule has 1 N–H and O–H groups in total. The second kappa shape index (κ2) is 3.31. The molecule has 0 spiro atoms. The first-order valence-electron chi connectivity index (χ1n) is 4.04. The zero-order chi connectivity index (χ0) is 9.10. The van der Waals surface area contributed by atoms with E-state index in [0.29, 0.717) is 12.4 Å². The van der Waals surface area contributed by atoms with Gasteiger partial charge < -0.3 is 10.1 Å². The standard InChI is InChI=1S/C10H9NO2/c12-10-9(6-11-10)13-7-8-4-2-1-3-5-8/h1-6H,7H2,(H,11,12). The molecule has 13 heavy (non-hydrogen) atoms. The first-order valence-corrected chi connectivity index (χ1v) is 4.04. The van der Waals surface area contributed by atoms with Crippen LogP contribution in [0.4, 0.5) is 0 Å². The van der Waals surface area contributed by atoms with Gasteiger partial charge in [-0.2, -0.15) is 0 Å². The Labute approximate surface area is 76.0 Å². The van der Waals surface area contributed by atoms with Crippen molar-refractivity contribution in [3.8, 4) is 0 Å². The van der Waals surface area contributed by atoms with Crippen molar-refractivity contribution in [1.29, 1.82) is 0 Å². The van der Waals surface area contributed by atoms with Crippen LogP contribution in [0, 0.1) is 0 Å². The number of carbonyl (C=O) groups is 1. The lowest BCUT2D eigenvalue weighted by atomic mass is 10.2. The van der Waals surface area contributed by atoms with Crippen molar-refractivity contribution in [2.24, 2.45) is 0 Å². The second-order valence-electron chi connectivity index (χ2n) is 2.76. The van der Waals surface area contributed by atoms with E-state index < -0.39 is 0 Å². The number of hydrogen-bond acceptors (Lipinski definition) is 2. The highest BCUT2D eigenvalue weighted by Gasteiger charge is 2.17. The maximum atomic E-state index is 10.7. The Morgan fingerprint density at radius 1 is 1.23 bits per heavy atom. The molecule has 66 valence electrons. The largest absolute Gasteiger partial charge is 0.482 e. The van der Waals surface area contributed by atoms with Gasteiger partial charge in [0, 0.05) is 0 Å². The van der Waals surface area contributed by atoms with Crippen LogP contribution in [0.2, 0.25) is 0 Å². The highest BCUT2D eigenvalue weighted by atomic mass is 16.5. The van der Waals surface area contributed by atoms with Crippen LogP contribution in [0.1, 0.15) is 5.56 Å². The van der Waals surface area contributed by atoms with Crippen molar-refractivity contribution in [2.75, 3.05) is 0 Å². The van der Waals surface area contributed by atoms with E-state index in [1.54, 1.807) is 6.20 Å². The van der Waals surface area contributed by atoms with Gasteiger partial charge in [-0.1, -0.05) is 30.3 Å². The number of nitrogens with one attached hydrogen (secondary N) is 1. The first kappa shape index (κ1) is 7.86. The van der Waals surface area contributed by atoms with Crippen molar-refractivity contribution < 1.29 is 9.53 Å². The average Bonchev–Trinajstić information content (AvgIpc) is 2.17. The molecule has 1 aliphatic heterocycles. The minimum atomic E-state index is -0.143. The Morgan fingerprint density at radius 2 is 2.00 bits per heavy atom. The fourth-order valence-corrected chi connectivity index (χ4v) is 1.03. The molecule has 0 fully saturated rings. The molecule has 0 saturated carbocycles. The van der Waals surface area contributed by atoms with Gasteiger partial charge in [-0.3, -0.25) is 4.79 Å². The predicted molar refractivity (Wildman–Crippen MR) is 47.5 cm³/mol. The molecular formula is C10H9NO2. The summed E-state index contributed by atoms with van der Waals surface area (Å²) in [5.41, 5.74) is 1.06. The number of rotatable bonds is 3. The van der Waals surface area contributed by atoms with Crippen LogP contribution in [0.5, 0.6) is 0 Å². The number of hydrogen-bond donors (Lipinski definition) is 1. The quantitative estimate of drug-likeness (QED) is 0.749. The fourth-order valence-electron chi connectivity index (χ4n) is 1.03. The number of benzene rings is 1. The number of amides is 1. The summed E-state index contributed by atoms with van der Waals surface area (Å²) in [6, 6.07) is 9.73. The SMILES string of the molecule is O=C1NC=C1OCc1ccccc1. The van der Waals surface area contributed by atoms with Crippen molar-refractivity contribution in [3.05, 3.63) is 47.9 Å². The normalized spacial score (nSPS) is 14.2. The van der Waals surface area contributed by atoms with Crippen LogP contribution < -0.4 is 5.32 Å². The van der Waals surface area contributed by atoms with Crippen molar-refractivity contribution in [3.63, 3.8) is 0 Å². The summed E-state index contributed by atoms with van der Waals surface area (Å²) in [6.07, 6.45) is 1.56. The van der Waals surface area contributed by atoms with Gasteiger partial charge in [0.25, 0.3) is 5.91 Å². The molecule has 0 radical (unpaired) electrons. The monoisotopic (exact) mass is 175 g/mol. The third-order valence-corrected chi connectivity index (χ3v) is 1.80. The van der Waals surface area contributed by atoms with Gasteiger partial charge in [0.2, 0.25) is 5.76 Å². The first-order chi connectivity index (χ1) is 6.36. The van der Waals surface area contributed by atoms with Gasteiger partial charge in [0.1, 0.15) is 6.61 Å². The highest BCUT2D eigenvalue weighted by molar-refractivity contribution is 5.97. The highest BCUT2D eigenvalue weighted by Crippen LogP contribution is 2.09. The Balaban J connectivity index is 1.90. The molecule has 1 aliphatic rings. The third kappa shape index (κ3) is 1.69. The second-order valence-corrected chi connectivity index (χ2v) is 2.76. The topological polar surface area (TPSA) is 38.3 Å². The Bertz CT molecular complexity index is 343. The van der Waals surface area contributed by atoms with E-state index in [1.165, 1.54) is 0 Å². The van der Waals surface area contributed by atoms with E-state index in [2.05, 4.69) is 5.32 Å². The van der Waals surface area contributed by atoms with Crippen LogP contribution in [0.15, 0.2) is 42.3 Å². The van der Waals surface area contributed by atoms with E-state index in [0.717, 1.165) is 5.56 Å². The molecule has 0 aromatic heterocycles. The molecule has 0 unspecified atom stereocenters. The van der Waals surface area contributed by atoms with E-state index in [9.17, 15) is 4.79 Å². The molecule has 0 bridgehead atoms. The Hall–Kier alpha value is -1.77. The summed E-state index contributed by atoms with van der Waals surface area (Å²) in [5, 5.41) is 2.47. The molecule has 1 aromatic rings. The zero-order valence-corrected chi connectivity index (χ0v) is 6.99. The molecule has 0 aliphatic carbocycles. The van der Waals surface area contributed by atoms with E-state index >= 15 is 0 Å². The lowest BCUT2D eigenvalue weighted by Crippen LogP contribution is -2.31. The van der Waals surface area contributed by atoms with Crippen molar-refractivity contribution in [2.45, 2.75) is 6.61 Å². The molecule has 1 amide bonds. The van der Waals surface area contributed by atoms with Crippen LogP contribution in [-0.2, 0) is 16.1 Å². The number of carbonyl (C=O) groups excluding carboxylic acids is 1. The van der Waals surface area contributed by atoms with Crippen LogP contribution in [-0.4, -0.2) is 5.91 Å². The average molecular weight is 175 g/mol. The van der Waals surface area contributed by atoms with Gasteiger partial charge in [0.05, 0.1) is 6.20 Å². The molecule has 1 aromatic carbocycles. The molecule has 0 atom stereocenters. The van der Waals surface area contributed by atoms with Crippen LogP contribution in [0.25, 0.3) is 0 Å². The van der Waals surface area contributed by atoms with E-state index in [-0.39, 0.29) is 5.91 Å². The van der Waals surface area contributed by atoms with Gasteiger partial charge in [-0.15, -0.1) is 0 Å². The minimum absolute atomic E-state index is 0.143. The molecule has 1 heterocycles. The number of ether oxygens (including phenoxy) is 1. The zero-order valence-electron chi connectivity index (χ0n) is 6.99. The smallest absolute Gasteiger partial charge is 0.291 e. The Morgan fingerprint density at radius 3 is 2.54 bits per heavy atom. The molecule has 3 heteroatoms. The maximum absolute atomic E-state index is 10.7. The van der Waals surface area contributed by atoms with E-state index in [1.807, 2.05) is 30.3 Å². The third-order valence-electron chi connectivity index (χ3n) is 1.80. The summed E-state index contributed by atoms with van der Waals surface area (Å²) in [6.45, 7) is 0.445. The lowest BCUT2D eigenvalue weighted by Gasteiger charge is -2.15. The fraction of sp³-hybridized carbons (Fsp3) is 0.100. The van der Waals surface area contributed by atoms with E-state index in [4.69, 9.17) is 4.74 Å². The molecule has 2 rings (SSSR count). The predicted octanol–water partition coefficient (Wildman–Crippen LogP) is 1.17. The molecule has 3 nitrogen and oxygen atoms in total. The van der Waals surface area contributed by atoms with Gasteiger partial charge in [0.15, 0.2) is 0 Å². The van der Waals surface area contributed by atoms with Crippen LogP contribution >= 0.6 is 0 Å². The summed E-state index contributed by atoms with van der Waals surface area (Å²) in [5.74, 6) is 0.264. The molecular weight excluding hydrogens is 166 g/mol. The minimum Gasteiger partial charge on any atom is -0.482 e. The summed E-state index contributed by atoms with van der Waals surface area (Å²) < 4.78 is 5.23. The van der Waals surface area contributed by atoms with Gasteiger partial charge >= 0.3 is 0 Å². The van der Waals surface area contributed by atoms with Gasteiger partial charge in [-0.25, -0.2) is 0 Å². The Kier molecular flexibility index (Phi) is 2.00.